The van der Waals surface area contributed by atoms with Gasteiger partial charge in [-0.25, -0.2) is 0 Å². The number of hydrogen-bond acceptors (Lipinski definition) is 5. The monoisotopic (exact) mass is 387 g/mol. The van der Waals surface area contributed by atoms with Crippen LogP contribution in [-0.4, -0.2) is 61.0 Å². The quantitative estimate of drug-likeness (QED) is 0.727. The van der Waals surface area contributed by atoms with Crippen LogP contribution in [0.15, 0.2) is 24.4 Å². The number of rotatable bonds is 5. The Kier molecular flexibility index (Phi) is 5.54. The van der Waals surface area contributed by atoms with Crippen molar-refractivity contribution < 1.29 is 14.3 Å². The molecule has 1 spiro atoms. The number of amides is 1. The Bertz CT molecular complexity index is 722. The Morgan fingerprint density at radius 2 is 1.93 bits per heavy atom. The van der Waals surface area contributed by atoms with Crippen molar-refractivity contribution in [1.29, 1.82) is 0 Å². The van der Waals surface area contributed by atoms with Gasteiger partial charge in [-0.1, -0.05) is 6.07 Å². The molecule has 28 heavy (non-hydrogen) atoms. The smallest absolute Gasteiger partial charge is 0.313 e. The minimum absolute atomic E-state index is 0.0115. The highest BCUT2D eigenvalue weighted by Crippen LogP contribution is 2.52. The summed E-state index contributed by atoms with van der Waals surface area (Å²) in [6.45, 7) is 4.84. The van der Waals surface area contributed by atoms with Crippen LogP contribution < -0.4 is 0 Å². The van der Waals surface area contributed by atoms with Crippen LogP contribution in [-0.2, 0) is 19.9 Å². The van der Waals surface area contributed by atoms with Gasteiger partial charge < -0.3 is 9.64 Å². The summed E-state index contributed by atoms with van der Waals surface area (Å²) in [7, 11) is 5.65. The Hall–Kier alpha value is -1.95. The number of hydrogen-bond donors (Lipinski definition) is 0. The molecule has 0 unspecified atom stereocenters. The highest BCUT2D eigenvalue weighted by molar-refractivity contribution is 5.81. The van der Waals surface area contributed by atoms with Gasteiger partial charge in [0.15, 0.2) is 0 Å². The molecule has 6 heteroatoms. The van der Waals surface area contributed by atoms with Crippen LogP contribution in [0.1, 0.15) is 51.6 Å². The number of pyridine rings is 1. The molecule has 2 aliphatic rings. The van der Waals surface area contributed by atoms with Crippen molar-refractivity contribution in [3.63, 3.8) is 0 Å². The number of nitrogens with zero attached hydrogens (tertiary/aromatic N) is 3. The summed E-state index contributed by atoms with van der Waals surface area (Å²) >= 11 is 0. The van der Waals surface area contributed by atoms with Crippen LogP contribution in [0.25, 0.3) is 0 Å². The number of likely N-dealkylation sites (tertiary alicyclic amines) is 1. The standard InChI is InChI=1S/C22H33N3O3/c1-20(2,19(27)28-5)15-25-16-21(14-18(25)26)9-11-22(12-10-21,24(3)4)17-8-6-7-13-23-17/h6-8,13H,9-12,14-16H2,1-5H3/t21-,22-. The third kappa shape index (κ3) is 3.66. The Morgan fingerprint density at radius 1 is 1.25 bits per heavy atom. The molecule has 154 valence electrons. The minimum Gasteiger partial charge on any atom is -0.469 e. The van der Waals surface area contributed by atoms with Gasteiger partial charge in [0.2, 0.25) is 5.91 Å². The van der Waals surface area contributed by atoms with Crippen LogP contribution in [0.5, 0.6) is 0 Å². The van der Waals surface area contributed by atoms with Crippen molar-refractivity contribution in [2.45, 2.75) is 51.5 Å². The Labute approximate surface area is 168 Å². The second-order valence-corrected chi connectivity index (χ2v) is 9.44. The number of carbonyl (C=O) groups excluding carboxylic acids is 2. The van der Waals surface area contributed by atoms with Crippen molar-refractivity contribution in [1.82, 2.24) is 14.8 Å². The van der Waals surface area contributed by atoms with E-state index in [2.05, 4.69) is 30.0 Å². The third-order valence-electron chi connectivity index (χ3n) is 6.86. The lowest BCUT2D eigenvalue weighted by atomic mass is 9.65. The second-order valence-electron chi connectivity index (χ2n) is 9.44. The number of methoxy groups -OCH3 is 1. The van der Waals surface area contributed by atoms with Crippen molar-refractivity contribution in [3.8, 4) is 0 Å². The predicted molar refractivity (Wildman–Crippen MR) is 107 cm³/mol. The van der Waals surface area contributed by atoms with Gasteiger partial charge in [-0.2, -0.15) is 0 Å². The average Bonchev–Trinajstić information content (AvgIpc) is 2.96. The zero-order valence-electron chi connectivity index (χ0n) is 17.8. The molecule has 0 radical (unpaired) electrons. The van der Waals surface area contributed by atoms with Crippen molar-refractivity contribution in [2.75, 3.05) is 34.3 Å². The summed E-state index contributed by atoms with van der Waals surface area (Å²) < 4.78 is 4.91. The second kappa shape index (κ2) is 7.47. The van der Waals surface area contributed by atoms with Crippen molar-refractivity contribution in [3.05, 3.63) is 30.1 Å². The molecule has 1 aromatic rings. The van der Waals surface area contributed by atoms with E-state index < -0.39 is 5.41 Å². The first-order valence-corrected chi connectivity index (χ1v) is 10.1. The topological polar surface area (TPSA) is 62.7 Å². The molecule has 1 aliphatic carbocycles. The van der Waals surface area contributed by atoms with Gasteiger partial charge in [-0.3, -0.25) is 19.5 Å². The van der Waals surface area contributed by atoms with Crippen LogP contribution in [0.2, 0.25) is 0 Å². The van der Waals surface area contributed by atoms with E-state index >= 15 is 0 Å². The molecule has 1 aliphatic heterocycles. The number of aromatic nitrogens is 1. The number of esters is 1. The summed E-state index contributed by atoms with van der Waals surface area (Å²) in [4.78, 5) is 33.6. The van der Waals surface area contributed by atoms with E-state index in [1.165, 1.54) is 7.11 Å². The maximum atomic E-state index is 12.8. The van der Waals surface area contributed by atoms with Gasteiger partial charge >= 0.3 is 5.97 Å². The van der Waals surface area contributed by atoms with Crippen LogP contribution in [0.3, 0.4) is 0 Å². The first-order chi connectivity index (χ1) is 13.1. The average molecular weight is 388 g/mol. The van der Waals surface area contributed by atoms with E-state index in [9.17, 15) is 9.59 Å². The molecule has 1 aromatic heterocycles. The van der Waals surface area contributed by atoms with E-state index in [0.717, 1.165) is 37.9 Å². The molecule has 0 N–H and O–H groups in total. The molecular formula is C22H33N3O3. The highest BCUT2D eigenvalue weighted by atomic mass is 16.5. The molecule has 0 bridgehead atoms. The molecule has 0 aromatic carbocycles. The number of carbonyl (C=O) groups is 2. The van der Waals surface area contributed by atoms with Crippen molar-refractivity contribution >= 4 is 11.9 Å². The molecule has 1 saturated carbocycles. The van der Waals surface area contributed by atoms with Gasteiger partial charge in [0.05, 0.1) is 23.8 Å². The van der Waals surface area contributed by atoms with Gasteiger partial charge in [0.25, 0.3) is 0 Å². The fraction of sp³-hybridized carbons (Fsp3) is 0.682. The van der Waals surface area contributed by atoms with Gasteiger partial charge in [-0.05, 0) is 71.2 Å². The fourth-order valence-electron chi connectivity index (χ4n) is 5.04. The lowest BCUT2D eigenvalue weighted by molar-refractivity contribution is -0.152. The fourth-order valence-corrected chi connectivity index (χ4v) is 5.04. The zero-order chi connectivity index (χ0) is 20.6. The van der Waals surface area contributed by atoms with E-state index in [4.69, 9.17) is 4.74 Å². The van der Waals surface area contributed by atoms with Crippen LogP contribution in [0.4, 0.5) is 0 Å². The van der Waals surface area contributed by atoms with Gasteiger partial charge in [0, 0.05) is 25.7 Å². The lowest BCUT2D eigenvalue weighted by Gasteiger charge is -2.48. The first kappa shape index (κ1) is 20.8. The molecule has 3 rings (SSSR count). The molecule has 6 nitrogen and oxygen atoms in total. The summed E-state index contributed by atoms with van der Waals surface area (Å²) in [6.07, 6.45) is 6.39. The van der Waals surface area contributed by atoms with Gasteiger partial charge in [0.1, 0.15) is 0 Å². The Morgan fingerprint density at radius 3 is 2.46 bits per heavy atom. The van der Waals surface area contributed by atoms with E-state index in [-0.39, 0.29) is 22.8 Å². The van der Waals surface area contributed by atoms with Gasteiger partial charge in [-0.15, -0.1) is 0 Å². The normalized spacial score (nSPS) is 28.2. The van der Waals surface area contributed by atoms with Crippen LogP contribution in [0, 0.1) is 10.8 Å². The van der Waals surface area contributed by atoms with E-state index in [1.54, 1.807) is 0 Å². The van der Waals surface area contributed by atoms with E-state index in [0.29, 0.717) is 13.0 Å². The van der Waals surface area contributed by atoms with Crippen LogP contribution >= 0.6 is 0 Å². The van der Waals surface area contributed by atoms with E-state index in [1.807, 2.05) is 37.1 Å². The largest absolute Gasteiger partial charge is 0.469 e. The molecule has 2 heterocycles. The number of ether oxygens (including phenoxy) is 1. The zero-order valence-corrected chi connectivity index (χ0v) is 17.8. The third-order valence-corrected chi connectivity index (χ3v) is 6.86. The maximum absolute atomic E-state index is 12.8. The molecular weight excluding hydrogens is 354 g/mol. The highest BCUT2D eigenvalue weighted by Gasteiger charge is 2.51. The summed E-state index contributed by atoms with van der Waals surface area (Å²) in [6, 6.07) is 6.12. The molecule has 2 fully saturated rings. The summed E-state index contributed by atoms with van der Waals surface area (Å²) in [5.74, 6) is -0.112. The maximum Gasteiger partial charge on any atom is 0.313 e. The molecule has 1 amide bonds. The SMILES string of the molecule is COC(=O)C(C)(C)CN1C[C@]2(CC[C@](c3ccccn3)(N(C)C)CC2)CC1=O. The van der Waals surface area contributed by atoms with Crippen molar-refractivity contribution in [2.24, 2.45) is 10.8 Å². The first-order valence-electron chi connectivity index (χ1n) is 10.1. The minimum atomic E-state index is -0.689. The lowest BCUT2D eigenvalue weighted by Crippen LogP contribution is -2.48. The molecule has 1 saturated heterocycles. The predicted octanol–water partition coefficient (Wildman–Crippen LogP) is 2.83. The summed E-state index contributed by atoms with van der Waals surface area (Å²) in [5.41, 5.74) is 0.362. The molecule has 0 atom stereocenters. The summed E-state index contributed by atoms with van der Waals surface area (Å²) in [5, 5.41) is 0. The Balaban J connectivity index is 1.73.